The second-order valence-electron chi connectivity index (χ2n) is 6.37. The summed E-state index contributed by atoms with van der Waals surface area (Å²) in [6, 6.07) is 18.4. The zero-order valence-corrected chi connectivity index (χ0v) is 18.0. The molecule has 158 valence electrons. The van der Waals surface area contributed by atoms with Crippen LogP contribution in [0, 0.1) is 17.1 Å². The molecule has 0 saturated heterocycles. The van der Waals surface area contributed by atoms with E-state index in [1.54, 1.807) is 42.5 Å². The van der Waals surface area contributed by atoms with Crippen molar-refractivity contribution in [2.75, 3.05) is 7.11 Å². The lowest BCUT2D eigenvalue weighted by Gasteiger charge is -2.12. The molecule has 0 aliphatic carbocycles. The molecule has 0 aliphatic heterocycles. The Morgan fingerprint density at radius 3 is 2.52 bits per heavy atom. The molecule has 0 aliphatic rings. The summed E-state index contributed by atoms with van der Waals surface area (Å²) in [6.07, 6.45) is 1.29. The highest BCUT2D eigenvalue weighted by Crippen LogP contribution is 2.27. The Morgan fingerprint density at radius 2 is 1.87 bits per heavy atom. The molecule has 3 rings (SSSR count). The summed E-state index contributed by atoms with van der Waals surface area (Å²) >= 11 is 5.77. The summed E-state index contributed by atoms with van der Waals surface area (Å²) in [5, 5.41) is 9.40. The SMILES string of the molecule is COc1ccc(C=C(C#N)S(=O)(=O)c2ccccc2)cc1COc1ccc(F)c(Cl)c1. The van der Waals surface area contributed by atoms with Crippen LogP contribution in [0.3, 0.4) is 0 Å². The standard InChI is InChI=1S/C23H17ClFNO4S/c1-29-23-10-7-16(11-17(23)15-30-18-8-9-22(25)21(24)13-18)12-20(14-26)31(27,28)19-5-3-2-4-6-19/h2-13H,15H2,1H3. The Bertz CT molecular complexity index is 1270. The van der Waals surface area contributed by atoms with E-state index in [0.29, 0.717) is 22.6 Å². The maximum Gasteiger partial charge on any atom is 0.216 e. The van der Waals surface area contributed by atoms with E-state index in [2.05, 4.69) is 0 Å². The average Bonchev–Trinajstić information content (AvgIpc) is 2.78. The second-order valence-corrected chi connectivity index (χ2v) is 8.70. The van der Waals surface area contributed by atoms with Crippen LogP contribution in [0.1, 0.15) is 11.1 Å². The number of ether oxygens (including phenoxy) is 2. The van der Waals surface area contributed by atoms with E-state index in [1.165, 1.54) is 43.5 Å². The fourth-order valence-electron chi connectivity index (χ4n) is 2.78. The van der Waals surface area contributed by atoms with Gasteiger partial charge in [-0.2, -0.15) is 5.26 Å². The van der Waals surface area contributed by atoms with Crippen molar-refractivity contribution in [1.82, 2.24) is 0 Å². The quantitative estimate of drug-likeness (QED) is 0.443. The Hall–Kier alpha value is -3.34. The number of halogens is 2. The van der Waals surface area contributed by atoms with Gasteiger partial charge in [-0.1, -0.05) is 35.9 Å². The molecular formula is C23H17ClFNO4S. The van der Waals surface area contributed by atoms with Gasteiger partial charge in [-0.25, -0.2) is 12.8 Å². The lowest BCUT2D eigenvalue weighted by atomic mass is 10.1. The molecule has 8 heteroatoms. The zero-order valence-electron chi connectivity index (χ0n) is 16.4. The average molecular weight is 458 g/mol. The Labute approximate surface area is 184 Å². The molecular weight excluding hydrogens is 441 g/mol. The van der Waals surface area contributed by atoms with Gasteiger partial charge in [0, 0.05) is 11.6 Å². The number of hydrogen-bond acceptors (Lipinski definition) is 5. The third-order valence-electron chi connectivity index (χ3n) is 4.34. The third kappa shape index (κ3) is 5.23. The molecule has 0 spiro atoms. The van der Waals surface area contributed by atoms with Crippen molar-refractivity contribution in [3.05, 3.63) is 93.6 Å². The molecule has 0 unspecified atom stereocenters. The normalized spacial score (nSPS) is 11.6. The van der Waals surface area contributed by atoms with Crippen LogP contribution in [-0.4, -0.2) is 15.5 Å². The summed E-state index contributed by atoms with van der Waals surface area (Å²) in [5.41, 5.74) is 1.08. The van der Waals surface area contributed by atoms with Crippen LogP contribution < -0.4 is 9.47 Å². The molecule has 0 amide bonds. The smallest absolute Gasteiger partial charge is 0.216 e. The van der Waals surface area contributed by atoms with Crippen LogP contribution in [0.25, 0.3) is 6.08 Å². The molecule has 0 fully saturated rings. The monoisotopic (exact) mass is 457 g/mol. The van der Waals surface area contributed by atoms with Gasteiger partial charge in [-0.15, -0.1) is 0 Å². The summed E-state index contributed by atoms with van der Waals surface area (Å²) in [5.74, 6) is 0.316. The Morgan fingerprint density at radius 1 is 1.13 bits per heavy atom. The first kappa shape index (κ1) is 22.3. The van der Waals surface area contributed by atoms with Crippen LogP contribution >= 0.6 is 11.6 Å². The molecule has 0 N–H and O–H groups in total. The predicted octanol–water partition coefficient (Wildman–Crippen LogP) is 5.41. The minimum absolute atomic E-state index is 0.0352. The number of benzene rings is 3. The van der Waals surface area contributed by atoms with Crippen molar-refractivity contribution in [1.29, 1.82) is 5.26 Å². The minimum atomic E-state index is -3.95. The summed E-state index contributed by atoms with van der Waals surface area (Å²) < 4.78 is 49.8. The van der Waals surface area contributed by atoms with Crippen molar-refractivity contribution in [3.8, 4) is 17.6 Å². The van der Waals surface area contributed by atoms with E-state index < -0.39 is 15.7 Å². The van der Waals surface area contributed by atoms with E-state index in [1.807, 2.05) is 0 Å². The number of nitrogens with zero attached hydrogens (tertiary/aromatic N) is 1. The van der Waals surface area contributed by atoms with Gasteiger partial charge in [0.05, 0.1) is 17.0 Å². The predicted molar refractivity (Wildman–Crippen MR) is 116 cm³/mol. The van der Waals surface area contributed by atoms with Gasteiger partial charge in [0.25, 0.3) is 0 Å². The first-order valence-electron chi connectivity index (χ1n) is 9.02. The molecule has 0 heterocycles. The number of rotatable bonds is 7. The van der Waals surface area contributed by atoms with Crippen molar-refractivity contribution >= 4 is 27.5 Å². The maximum absolute atomic E-state index is 13.3. The van der Waals surface area contributed by atoms with E-state index in [9.17, 15) is 18.1 Å². The fraction of sp³-hybridized carbons (Fsp3) is 0.0870. The molecule has 31 heavy (non-hydrogen) atoms. The van der Waals surface area contributed by atoms with Crippen LogP contribution in [0.15, 0.2) is 76.5 Å². The number of hydrogen-bond donors (Lipinski definition) is 0. The topological polar surface area (TPSA) is 76.4 Å². The van der Waals surface area contributed by atoms with Crippen LogP contribution in [0.5, 0.6) is 11.5 Å². The fourth-order valence-corrected chi connectivity index (χ4v) is 4.13. The molecule has 0 aromatic heterocycles. The summed E-state index contributed by atoms with van der Waals surface area (Å²) in [6.45, 7) is 0.0557. The number of methoxy groups -OCH3 is 1. The lowest BCUT2D eigenvalue weighted by Crippen LogP contribution is -2.03. The van der Waals surface area contributed by atoms with Gasteiger partial charge >= 0.3 is 0 Å². The van der Waals surface area contributed by atoms with Crippen molar-refractivity contribution in [3.63, 3.8) is 0 Å². The summed E-state index contributed by atoms with van der Waals surface area (Å²) in [7, 11) is -2.46. The minimum Gasteiger partial charge on any atom is -0.496 e. The highest BCUT2D eigenvalue weighted by Gasteiger charge is 2.20. The van der Waals surface area contributed by atoms with Crippen LogP contribution in [0.4, 0.5) is 4.39 Å². The zero-order chi connectivity index (χ0) is 22.4. The molecule has 0 radical (unpaired) electrons. The van der Waals surface area contributed by atoms with Crippen molar-refractivity contribution < 1.29 is 22.3 Å². The first-order valence-corrected chi connectivity index (χ1v) is 10.9. The molecule has 0 saturated carbocycles. The van der Waals surface area contributed by atoms with E-state index in [0.717, 1.165) is 0 Å². The molecule has 3 aromatic carbocycles. The van der Waals surface area contributed by atoms with E-state index in [4.69, 9.17) is 21.1 Å². The number of allylic oxidation sites excluding steroid dienone is 1. The van der Waals surface area contributed by atoms with Gasteiger partial charge < -0.3 is 9.47 Å². The molecule has 0 atom stereocenters. The summed E-state index contributed by atoms with van der Waals surface area (Å²) in [4.78, 5) is -0.353. The highest BCUT2D eigenvalue weighted by molar-refractivity contribution is 7.95. The van der Waals surface area contributed by atoms with Crippen LogP contribution in [-0.2, 0) is 16.4 Å². The first-order chi connectivity index (χ1) is 14.8. The molecule has 3 aromatic rings. The van der Waals surface area contributed by atoms with Gasteiger partial charge in [0.1, 0.15) is 34.9 Å². The maximum atomic E-state index is 13.3. The number of sulfone groups is 1. The van der Waals surface area contributed by atoms with Gasteiger partial charge in [-0.3, -0.25) is 0 Å². The van der Waals surface area contributed by atoms with Gasteiger partial charge in [-0.05, 0) is 48.0 Å². The Balaban J connectivity index is 1.91. The molecule has 0 bridgehead atoms. The largest absolute Gasteiger partial charge is 0.496 e. The van der Waals surface area contributed by atoms with E-state index >= 15 is 0 Å². The van der Waals surface area contributed by atoms with E-state index in [-0.39, 0.29) is 21.4 Å². The van der Waals surface area contributed by atoms with Gasteiger partial charge in [0.2, 0.25) is 9.84 Å². The van der Waals surface area contributed by atoms with Crippen molar-refractivity contribution in [2.45, 2.75) is 11.5 Å². The molecule has 5 nitrogen and oxygen atoms in total. The van der Waals surface area contributed by atoms with Crippen molar-refractivity contribution in [2.24, 2.45) is 0 Å². The lowest BCUT2D eigenvalue weighted by molar-refractivity contribution is 0.296. The van der Waals surface area contributed by atoms with Crippen LogP contribution in [0.2, 0.25) is 5.02 Å². The van der Waals surface area contributed by atoms with Gasteiger partial charge in [0.15, 0.2) is 0 Å². The second kappa shape index (κ2) is 9.65. The Kier molecular flexibility index (Phi) is 6.95. The highest BCUT2D eigenvalue weighted by atomic mass is 35.5. The third-order valence-corrected chi connectivity index (χ3v) is 6.31. The number of nitriles is 1.